The molecule has 0 amide bonds. The molecule has 5 nitrogen and oxygen atoms in total. The number of nitrogens with one attached hydrogen (secondary N) is 1. The minimum Gasteiger partial charge on any atom is -0.494 e. The zero-order valence-electron chi connectivity index (χ0n) is 12.8. The monoisotopic (exact) mass is 328 g/mol. The maximum Gasteiger partial charge on any atom is 0.243 e. The van der Waals surface area contributed by atoms with Crippen LogP contribution >= 0.6 is 0 Å². The second-order valence-electron chi connectivity index (χ2n) is 5.99. The first-order valence-corrected chi connectivity index (χ1v) is 8.96. The fourth-order valence-corrected chi connectivity index (χ4v) is 5.06. The Balaban J connectivity index is 1.94. The minimum absolute atomic E-state index is 0.0311. The zero-order valence-corrected chi connectivity index (χ0v) is 13.6. The Bertz CT molecular complexity index is 678. The van der Waals surface area contributed by atoms with Crippen LogP contribution in [-0.4, -0.2) is 45.0 Å². The first-order chi connectivity index (χ1) is 10.4. The summed E-state index contributed by atoms with van der Waals surface area (Å²) < 4.78 is 46.3. The topological polar surface area (TPSA) is 58.6 Å². The van der Waals surface area contributed by atoms with Gasteiger partial charge in [-0.15, -0.1) is 0 Å². The fraction of sp³-hybridized carbons (Fsp3) is 0.600. The van der Waals surface area contributed by atoms with Gasteiger partial charge in [-0.2, -0.15) is 4.31 Å². The molecule has 122 valence electrons. The van der Waals surface area contributed by atoms with Gasteiger partial charge in [-0.05, 0) is 38.3 Å². The number of ether oxygens (including phenoxy) is 1. The molecule has 0 aromatic heterocycles. The van der Waals surface area contributed by atoms with Crippen molar-refractivity contribution in [3.8, 4) is 5.75 Å². The van der Waals surface area contributed by atoms with E-state index in [4.69, 9.17) is 4.74 Å². The first-order valence-electron chi connectivity index (χ1n) is 7.52. The van der Waals surface area contributed by atoms with Crippen molar-refractivity contribution >= 4 is 10.0 Å². The second-order valence-corrected chi connectivity index (χ2v) is 7.90. The molecule has 7 heteroatoms. The number of methoxy groups -OCH3 is 1. The van der Waals surface area contributed by atoms with E-state index in [2.05, 4.69) is 5.32 Å². The highest BCUT2D eigenvalue weighted by Crippen LogP contribution is 2.30. The van der Waals surface area contributed by atoms with Gasteiger partial charge in [-0.25, -0.2) is 12.8 Å². The summed E-state index contributed by atoms with van der Waals surface area (Å²) in [4.78, 5) is 0.0311. The van der Waals surface area contributed by atoms with Crippen molar-refractivity contribution < 1.29 is 17.5 Å². The number of sulfonamides is 1. The lowest BCUT2D eigenvalue weighted by Crippen LogP contribution is -2.39. The molecule has 2 heterocycles. The molecule has 22 heavy (non-hydrogen) atoms. The van der Waals surface area contributed by atoms with E-state index in [0.29, 0.717) is 19.1 Å². The van der Waals surface area contributed by atoms with Crippen LogP contribution in [0, 0.1) is 12.7 Å². The van der Waals surface area contributed by atoms with Crippen LogP contribution in [0.25, 0.3) is 0 Å². The number of benzene rings is 1. The van der Waals surface area contributed by atoms with Crippen LogP contribution in [0.5, 0.6) is 5.75 Å². The summed E-state index contributed by atoms with van der Waals surface area (Å²) in [6.07, 6.45) is 2.90. The third-order valence-electron chi connectivity index (χ3n) is 4.62. The summed E-state index contributed by atoms with van der Waals surface area (Å²) in [5.74, 6) is -0.550. The van der Waals surface area contributed by atoms with Crippen molar-refractivity contribution in [2.75, 3.05) is 20.2 Å². The molecule has 2 aliphatic heterocycles. The molecule has 1 N–H and O–H groups in total. The van der Waals surface area contributed by atoms with E-state index >= 15 is 0 Å². The van der Waals surface area contributed by atoms with Gasteiger partial charge in [0, 0.05) is 30.7 Å². The Hall–Kier alpha value is -1.18. The third kappa shape index (κ3) is 2.61. The quantitative estimate of drug-likeness (QED) is 0.917. The average Bonchev–Trinajstić information content (AvgIpc) is 2.80. The minimum atomic E-state index is -3.69. The summed E-state index contributed by atoms with van der Waals surface area (Å²) in [6, 6.07) is 3.41. The largest absolute Gasteiger partial charge is 0.494 e. The maximum atomic E-state index is 14.2. The first kappa shape index (κ1) is 15.7. The molecule has 2 bridgehead atoms. The SMILES string of the molecule is COc1ccc(S(=O)(=O)N2CCC3CCC(C2)N3)c(C)c1F. The predicted molar refractivity (Wildman–Crippen MR) is 81.0 cm³/mol. The molecular formula is C15H21FN2O3S. The lowest BCUT2D eigenvalue weighted by atomic mass is 10.1. The van der Waals surface area contributed by atoms with Crippen LogP contribution in [-0.2, 0) is 10.0 Å². The van der Waals surface area contributed by atoms with E-state index in [0.717, 1.165) is 19.3 Å². The smallest absolute Gasteiger partial charge is 0.243 e. The fourth-order valence-electron chi connectivity index (χ4n) is 3.35. The van der Waals surface area contributed by atoms with E-state index < -0.39 is 15.8 Å². The molecule has 0 spiro atoms. The number of hydrogen-bond acceptors (Lipinski definition) is 4. The van der Waals surface area contributed by atoms with E-state index in [-0.39, 0.29) is 22.3 Å². The van der Waals surface area contributed by atoms with E-state index in [1.54, 1.807) is 0 Å². The van der Waals surface area contributed by atoms with Gasteiger partial charge >= 0.3 is 0 Å². The van der Waals surface area contributed by atoms with Crippen molar-refractivity contribution in [3.05, 3.63) is 23.5 Å². The van der Waals surface area contributed by atoms with Crippen LogP contribution in [0.2, 0.25) is 0 Å². The zero-order chi connectivity index (χ0) is 15.9. The lowest BCUT2D eigenvalue weighted by molar-refractivity contribution is 0.377. The summed E-state index contributed by atoms with van der Waals surface area (Å²) in [5.41, 5.74) is 0.113. The third-order valence-corrected chi connectivity index (χ3v) is 6.63. The summed E-state index contributed by atoms with van der Waals surface area (Å²) >= 11 is 0. The molecule has 2 unspecified atom stereocenters. The molecule has 1 aromatic carbocycles. The van der Waals surface area contributed by atoms with Gasteiger partial charge in [-0.1, -0.05) is 0 Å². The molecule has 2 saturated heterocycles. The van der Waals surface area contributed by atoms with Crippen molar-refractivity contribution in [2.24, 2.45) is 0 Å². The Kier molecular flexibility index (Phi) is 4.13. The molecule has 2 fully saturated rings. The molecular weight excluding hydrogens is 307 g/mol. The van der Waals surface area contributed by atoms with Crippen LogP contribution in [0.3, 0.4) is 0 Å². The van der Waals surface area contributed by atoms with Crippen molar-refractivity contribution in [2.45, 2.75) is 43.2 Å². The van der Waals surface area contributed by atoms with Crippen molar-refractivity contribution in [3.63, 3.8) is 0 Å². The second kappa shape index (κ2) is 5.79. The van der Waals surface area contributed by atoms with Gasteiger partial charge in [-0.3, -0.25) is 0 Å². The highest BCUT2D eigenvalue weighted by molar-refractivity contribution is 7.89. The van der Waals surface area contributed by atoms with Crippen molar-refractivity contribution in [1.29, 1.82) is 0 Å². The molecule has 1 aromatic rings. The molecule has 2 atom stereocenters. The molecule has 0 saturated carbocycles. The molecule has 0 radical (unpaired) electrons. The normalized spacial score (nSPS) is 26.0. The Labute approximate surface area is 130 Å². The molecule has 0 aliphatic carbocycles. The Morgan fingerprint density at radius 1 is 1.27 bits per heavy atom. The predicted octanol–water partition coefficient (Wildman–Crippen LogP) is 1.66. The summed E-state index contributed by atoms with van der Waals surface area (Å²) in [5, 5.41) is 3.45. The van der Waals surface area contributed by atoms with E-state index in [9.17, 15) is 12.8 Å². The number of halogens is 1. The van der Waals surface area contributed by atoms with Gasteiger partial charge in [0.05, 0.1) is 12.0 Å². The van der Waals surface area contributed by atoms with Crippen LogP contribution in [0.15, 0.2) is 17.0 Å². The summed E-state index contributed by atoms with van der Waals surface area (Å²) in [6.45, 7) is 2.41. The number of hydrogen-bond donors (Lipinski definition) is 1. The Morgan fingerprint density at radius 2 is 2.00 bits per heavy atom. The van der Waals surface area contributed by atoms with Crippen LogP contribution < -0.4 is 10.1 Å². The Morgan fingerprint density at radius 3 is 2.73 bits per heavy atom. The molecule has 2 aliphatic rings. The van der Waals surface area contributed by atoms with Crippen LogP contribution in [0.1, 0.15) is 24.8 Å². The van der Waals surface area contributed by atoms with E-state index in [1.807, 2.05) is 0 Å². The average molecular weight is 328 g/mol. The van der Waals surface area contributed by atoms with Gasteiger partial charge < -0.3 is 10.1 Å². The van der Waals surface area contributed by atoms with Gasteiger partial charge in [0.1, 0.15) is 0 Å². The van der Waals surface area contributed by atoms with E-state index in [1.165, 1.54) is 30.5 Å². The lowest BCUT2D eigenvalue weighted by Gasteiger charge is -2.24. The highest BCUT2D eigenvalue weighted by atomic mass is 32.2. The van der Waals surface area contributed by atoms with Crippen molar-refractivity contribution in [1.82, 2.24) is 9.62 Å². The van der Waals surface area contributed by atoms with Gasteiger partial charge in [0.15, 0.2) is 11.6 Å². The highest BCUT2D eigenvalue weighted by Gasteiger charge is 2.36. The number of fused-ring (bicyclic) bond motifs is 2. The molecule has 3 rings (SSSR count). The van der Waals surface area contributed by atoms with Gasteiger partial charge in [0.25, 0.3) is 0 Å². The van der Waals surface area contributed by atoms with Gasteiger partial charge in [0.2, 0.25) is 10.0 Å². The van der Waals surface area contributed by atoms with Crippen LogP contribution in [0.4, 0.5) is 4.39 Å². The summed E-state index contributed by atoms with van der Waals surface area (Å²) in [7, 11) is -2.32. The standard InChI is InChI=1S/C15H21FN2O3S/c1-10-14(6-5-13(21-2)15(10)16)22(19,20)18-8-7-11-3-4-12(9-18)17-11/h5-6,11-12,17H,3-4,7-9H2,1-2H3. The number of nitrogens with zero attached hydrogens (tertiary/aromatic N) is 1. The number of rotatable bonds is 3. The maximum absolute atomic E-state index is 14.2.